The van der Waals surface area contributed by atoms with Crippen LogP contribution in [0.2, 0.25) is 0 Å². The molecular weight excluding hydrogens is 374 g/mol. The van der Waals surface area contributed by atoms with Crippen molar-refractivity contribution in [2.24, 2.45) is 0 Å². The van der Waals surface area contributed by atoms with Crippen LogP contribution in [0.4, 0.5) is 0 Å². The lowest BCUT2D eigenvalue weighted by atomic mass is 10.0. The SMILES string of the molecule is Cc1cccc(CNC2CCN(C(C)CCNC(=O)c3c(C)ncnc3C)CC2)c1. The Hall–Kier alpha value is -2.31. The van der Waals surface area contributed by atoms with Crippen LogP contribution in [0.25, 0.3) is 0 Å². The standard InChI is InChI=1S/C24H35N5O/c1-17-6-5-7-21(14-17)15-26-22-9-12-29(13-10-22)18(2)8-11-25-24(30)23-19(3)27-16-28-20(23)4/h5-7,14,16,18,22,26H,8-13,15H2,1-4H3,(H,25,30). The number of hydrogen-bond acceptors (Lipinski definition) is 5. The van der Waals surface area contributed by atoms with Gasteiger partial charge in [-0.25, -0.2) is 9.97 Å². The molecule has 6 nitrogen and oxygen atoms in total. The Morgan fingerprint density at radius 1 is 1.17 bits per heavy atom. The molecule has 2 N–H and O–H groups in total. The zero-order valence-electron chi connectivity index (χ0n) is 18.7. The zero-order chi connectivity index (χ0) is 21.5. The molecule has 0 radical (unpaired) electrons. The van der Waals surface area contributed by atoms with E-state index in [9.17, 15) is 4.79 Å². The molecule has 1 saturated heterocycles. The van der Waals surface area contributed by atoms with Crippen LogP contribution in [0.3, 0.4) is 0 Å². The Labute approximate surface area is 180 Å². The third-order valence-corrected chi connectivity index (χ3v) is 6.13. The van der Waals surface area contributed by atoms with Crippen molar-refractivity contribution < 1.29 is 4.79 Å². The lowest BCUT2D eigenvalue weighted by Crippen LogP contribution is -2.46. The lowest BCUT2D eigenvalue weighted by Gasteiger charge is -2.36. The van der Waals surface area contributed by atoms with E-state index in [1.165, 1.54) is 30.3 Å². The maximum atomic E-state index is 12.5. The minimum absolute atomic E-state index is 0.0724. The van der Waals surface area contributed by atoms with Crippen LogP contribution < -0.4 is 10.6 Å². The van der Waals surface area contributed by atoms with Gasteiger partial charge >= 0.3 is 0 Å². The first-order chi connectivity index (χ1) is 14.4. The fourth-order valence-electron chi connectivity index (χ4n) is 4.22. The van der Waals surface area contributed by atoms with Gasteiger partial charge in [-0.1, -0.05) is 29.8 Å². The van der Waals surface area contributed by atoms with E-state index >= 15 is 0 Å². The molecule has 1 atom stereocenters. The van der Waals surface area contributed by atoms with Crippen LogP contribution in [0.1, 0.15) is 59.1 Å². The minimum atomic E-state index is -0.0724. The van der Waals surface area contributed by atoms with Gasteiger partial charge in [0.1, 0.15) is 6.33 Å². The van der Waals surface area contributed by atoms with Gasteiger partial charge in [-0.05, 0) is 65.6 Å². The molecule has 1 fully saturated rings. The van der Waals surface area contributed by atoms with Gasteiger partial charge in [0.25, 0.3) is 5.91 Å². The van der Waals surface area contributed by atoms with Gasteiger partial charge in [-0.15, -0.1) is 0 Å². The molecule has 1 amide bonds. The Morgan fingerprint density at radius 2 is 1.87 bits per heavy atom. The number of aromatic nitrogens is 2. The van der Waals surface area contributed by atoms with Gasteiger partial charge < -0.3 is 15.5 Å². The van der Waals surface area contributed by atoms with Crippen molar-refractivity contribution in [3.8, 4) is 0 Å². The molecule has 3 rings (SSSR count). The summed E-state index contributed by atoms with van der Waals surface area (Å²) >= 11 is 0. The summed E-state index contributed by atoms with van der Waals surface area (Å²) in [6, 6.07) is 9.75. The topological polar surface area (TPSA) is 70.2 Å². The Morgan fingerprint density at radius 3 is 2.53 bits per heavy atom. The first-order valence-electron chi connectivity index (χ1n) is 11.0. The fourth-order valence-corrected chi connectivity index (χ4v) is 4.22. The second-order valence-electron chi connectivity index (χ2n) is 8.49. The van der Waals surface area contributed by atoms with Crippen molar-refractivity contribution in [3.05, 3.63) is 58.7 Å². The molecule has 2 aromatic rings. The highest BCUT2D eigenvalue weighted by molar-refractivity contribution is 5.96. The highest BCUT2D eigenvalue weighted by Gasteiger charge is 2.22. The summed E-state index contributed by atoms with van der Waals surface area (Å²) in [6.07, 6.45) is 4.78. The molecule has 162 valence electrons. The molecule has 30 heavy (non-hydrogen) atoms. The highest BCUT2D eigenvalue weighted by atomic mass is 16.1. The summed E-state index contributed by atoms with van der Waals surface area (Å²) in [6.45, 7) is 11.9. The summed E-state index contributed by atoms with van der Waals surface area (Å²) in [5.74, 6) is -0.0724. The average molecular weight is 410 g/mol. The Bertz CT molecular complexity index is 825. The second-order valence-corrected chi connectivity index (χ2v) is 8.49. The maximum absolute atomic E-state index is 12.5. The number of benzene rings is 1. The van der Waals surface area contributed by atoms with Gasteiger partial charge in [0.2, 0.25) is 0 Å². The van der Waals surface area contributed by atoms with Crippen molar-refractivity contribution in [1.82, 2.24) is 25.5 Å². The Balaban J connectivity index is 1.37. The smallest absolute Gasteiger partial charge is 0.254 e. The molecule has 2 heterocycles. The van der Waals surface area contributed by atoms with Crippen LogP contribution in [0.5, 0.6) is 0 Å². The molecule has 0 spiro atoms. The quantitative estimate of drug-likeness (QED) is 0.701. The van der Waals surface area contributed by atoms with Gasteiger partial charge in [0.15, 0.2) is 0 Å². The number of amides is 1. The number of aryl methyl sites for hydroxylation is 3. The van der Waals surface area contributed by atoms with E-state index in [4.69, 9.17) is 0 Å². The minimum Gasteiger partial charge on any atom is -0.352 e. The molecule has 1 aromatic carbocycles. The van der Waals surface area contributed by atoms with E-state index in [2.05, 4.69) is 63.6 Å². The first-order valence-corrected chi connectivity index (χ1v) is 11.0. The summed E-state index contributed by atoms with van der Waals surface area (Å²) in [7, 11) is 0. The number of nitrogens with zero attached hydrogens (tertiary/aromatic N) is 3. The first kappa shape index (κ1) is 22.4. The summed E-state index contributed by atoms with van der Waals surface area (Å²) in [5.41, 5.74) is 4.73. The van der Waals surface area contributed by atoms with Crippen LogP contribution >= 0.6 is 0 Å². The van der Waals surface area contributed by atoms with Crippen LogP contribution in [-0.4, -0.2) is 52.5 Å². The number of likely N-dealkylation sites (tertiary alicyclic amines) is 1. The number of piperidine rings is 1. The van der Waals surface area contributed by atoms with Crippen molar-refractivity contribution in [1.29, 1.82) is 0 Å². The van der Waals surface area contributed by atoms with E-state index in [1.807, 2.05) is 13.8 Å². The van der Waals surface area contributed by atoms with Gasteiger partial charge in [-0.3, -0.25) is 4.79 Å². The molecule has 6 heteroatoms. The molecule has 1 aliphatic heterocycles. The number of carbonyl (C=O) groups excluding carboxylic acids is 1. The van der Waals surface area contributed by atoms with E-state index < -0.39 is 0 Å². The number of nitrogens with one attached hydrogen (secondary N) is 2. The van der Waals surface area contributed by atoms with E-state index in [0.29, 0.717) is 24.2 Å². The number of hydrogen-bond donors (Lipinski definition) is 2. The van der Waals surface area contributed by atoms with E-state index in [-0.39, 0.29) is 5.91 Å². The predicted molar refractivity (Wildman–Crippen MR) is 121 cm³/mol. The number of carbonyl (C=O) groups is 1. The summed E-state index contributed by atoms with van der Waals surface area (Å²) < 4.78 is 0. The van der Waals surface area contributed by atoms with Gasteiger partial charge in [-0.2, -0.15) is 0 Å². The lowest BCUT2D eigenvalue weighted by molar-refractivity contribution is 0.0942. The van der Waals surface area contributed by atoms with E-state index in [1.54, 1.807) is 0 Å². The van der Waals surface area contributed by atoms with Crippen molar-refractivity contribution in [3.63, 3.8) is 0 Å². The third-order valence-electron chi connectivity index (χ3n) is 6.13. The summed E-state index contributed by atoms with van der Waals surface area (Å²) in [4.78, 5) is 23.3. The normalized spacial score (nSPS) is 16.4. The van der Waals surface area contributed by atoms with Crippen LogP contribution in [0, 0.1) is 20.8 Å². The molecule has 0 saturated carbocycles. The molecule has 0 bridgehead atoms. The zero-order valence-corrected chi connectivity index (χ0v) is 18.7. The monoisotopic (exact) mass is 409 g/mol. The second kappa shape index (κ2) is 10.6. The average Bonchev–Trinajstić information content (AvgIpc) is 2.72. The number of rotatable bonds is 8. The molecule has 1 aromatic heterocycles. The predicted octanol–water partition coefficient (Wildman–Crippen LogP) is 3.16. The largest absolute Gasteiger partial charge is 0.352 e. The molecule has 1 aliphatic rings. The van der Waals surface area contributed by atoms with Crippen LogP contribution in [-0.2, 0) is 6.54 Å². The van der Waals surface area contributed by atoms with Crippen molar-refractivity contribution in [2.75, 3.05) is 19.6 Å². The van der Waals surface area contributed by atoms with Gasteiger partial charge in [0.05, 0.1) is 17.0 Å². The molecular formula is C24H35N5O. The van der Waals surface area contributed by atoms with Crippen molar-refractivity contribution >= 4 is 5.91 Å². The highest BCUT2D eigenvalue weighted by Crippen LogP contribution is 2.16. The molecule has 0 aliphatic carbocycles. The summed E-state index contributed by atoms with van der Waals surface area (Å²) in [5, 5.41) is 6.76. The Kier molecular flexibility index (Phi) is 7.94. The molecule has 1 unspecified atom stereocenters. The van der Waals surface area contributed by atoms with E-state index in [0.717, 1.165) is 37.4 Å². The van der Waals surface area contributed by atoms with Gasteiger partial charge in [0, 0.05) is 25.2 Å². The van der Waals surface area contributed by atoms with Crippen molar-refractivity contribution in [2.45, 2.75) is 65.6 Å². The van der Waals surface area contributed by atoms with Crippen LogP contribution in [0.15, 0.2) is 30.6 Å². The third kappa shape index (κ3) is 6.09. The fraction of sp³-hybridized carbons (Fsp3) is 0.542. The maximum Gasteiger partial charge on any atom is 0.254 e.